The Morgan fingerprint density at radius 2 is 1.84 bits per heavy atom. The van der Waals surface area contributed by atoms with Crippen molar-refractivity contribution >= 4 is 11.8 Å². The lowest BCUT2D eigenvalue weighted by molar-refractivity contribution is -0.122. The molecule has 2 aromatic rings. The van der Waals surface area contributed by atoms with Crippen LogP contribution < -0.4 is 16.4 Å². The van der Waals surface area contributed by atoms with Crippen molar-refractivity contribution < 1.29 is 14.1 Å². The van der Waals surface area contributed by atoms with Crippen molar-refractivity contribution in [3.8, 4) is 0 Å². The number of hydrogen-bond acceptors (Lipinski definition) is 5. The number of rotatable bonds is 8. The van der Waals surface area contributed by atoms with E-state index in [2.05, 4.69) is 15.8 Å². The van der Waals surface area contributed by atoms with Crippen LogP contribution in [0.4, 0.5) is 0 Å². The zero-order valence-electron chi connectivity index (χ0n) is 19.0. The molecule has 1 aromatic heterocycles. The third-order valence-electron chi connectivity index (χ3n) is 5.76. The Hall–Kier alpha value is -2.67. The number of carbonyl (C=O) groups is 2. The lowest BCUT2D eigenvalue weighted by Gasteiger charge is -2.23. The summed E-state index contributed by atoms with van der Waals surface area (Å²) in [6.07, 6.45) is 9.67. The van der Waals surface area contributed by atoms with Gasteiger partial charge in [0, 0.05) is 37.0 Å². The highest BCUT2D eigenvalue weighted by atomic mass is 16.5. The number of nitrogens with zero attached hydrogens (tertiary/aromatic N) is 1. The van der Waals surface area contributed by atoms with Crippen LogP contribution in [0, 0.1) is 0 Å². The standard InChI is InChI=1S/C15H16N2O2.C10H20N2O/c18-15(13-10-14(19-17-13)12-6-7-12)16-9-8-11-4-2-1-3-5-11;1-8(11)7-10(13)12-9-5-3-2-4-6-9/h1-5,10,12H,6-9H2,(H,16,18);8-9H,2-7,11H2,1H3,(H,12,13). The highest BCUT2D eigenvalue weighted by Crippen LogP contribution is 2.40. The average molecular weight is 441 g/mol. The van der Waals surface area contributed by atoms with Gasteiger partial charge in [-0.05, 0) is 44.6 Å². The van der Waals surface area contributed by atoms with Gasteiger partial charge in [-0.1, -0.05) is 54.8 Å². The van der Waals surface area contributed by atoms with Crippen LogP contribution in [0.3, 0.4) is 0 Å². The Bertz CT molecular complexity index is 840. The predicted octanol–water partition coefficient (Wildman–Crippen LogP) is 3.70. The summed E-state index contributed by atoms with van der Waals surface area (Å²) < 4.78 is 5.16. The smallest absolute Gasteiger partial charge is 0.273 e. The number of amides is 2. The second-order valence-corrected chi connectivity index (χ2v) is 8.96. The van der Waals surface area contributed by atoms with Gasteiger partial charge in [-0.2, -0.15) is 0 Å². The van der Waals surface area contributed by atoms with Crippen LogP contribution in [-0.4, -0.2) is 35.6 Å². The SMILES string of the molecule is CC(N)CC(=O)NC1CCCCC1.O=C(NCCc1ccccc1)c1cc(C2CC2)on1. The molecule has 2 saturated carbocycles. The molecule has 32 heavy (non-hydrogen) atoms. The van der Waals surface area contributed by atoms with Crippen LogP contribution >= 0.6 is 0 Å². The molecule has 174 valence electrons. The van der Waals surface area contributed by atoms with Crippen molar-refractivity contribution in [3.63, 3.8) is 0 Å². The maximum absolute atomic E-state index is 11.9. The van der Waals surface area contributed by atoms with Crippen molar-refractivity contribution in [1.82, 2.24) is 15.8 Å². The monoisotopic (exact) mass is 440 g/mol. The minimum Gasteiger partial charge on any atom is -0.360 e. The summed E-state index contributed by atoms with van der Waals surface area (Å²) in [6.45, 7) is 2.47. The van der Waals surface area contributed by atoms with E-state index < -0.39 is 0 Å². The summed E-state index contributed by atoms with van der Waals surface area (Å²) in [7, 11) is 0. The number of nitrogens with one attached hydrogen (secondary N) is 2. The summed E-state index contributed by atoms with van der Waals surface area (Å²) in [6, 6.07) is 12.2. The summed E-state index contributed by atoms with van der Waals surface area (Å²) >= 11 is 0. The van der Waals surface area contributed by atoms with Gasteiger partial charge in [0.2, 0.25) is 5.91 Å². The van der Waals surface area contributed by atoms with E-state index in [1.54, 1.807) is 6.07 Å². The van der Waals surface area contributed by atoms with Gasteiger partial charge in [-0.25, -0.2) is 0 Å². The number of aromatic nitrogens is 1. The molecule has 0 spiro atoms. The summed E-state index contributed by atoms with van der Waals surface area (Å²) in [4.78, 5) is 23.2. The second-order valence-electron chi connectivity index (χ2n) is 8.96. The van der Waals surface area contributed by atoms with Gasteiger partial charge in [0.25, 0.3) is 5.91 Å². The lowest BCUT2D eigenvalue weighted by atomic mass is 9.95. The molecule has 2 amide bonds. The van der Waals surface area contributed by atoms with Crippen LogP contribution in [0.25, 0.3) is 0 Å². The number of benzene rings is 1. The van der Waals surface area contributed by atoms with E-state index in [-0.39, 0.29) is 17.9 Å². The highest BCUT2D eigenvalue weighted by molar-refractivity contribution is 5.92. The maximum Gasteiger partial charge on any atom is 0.273 e. The van der Waals surface area contributed by atoms with Crippen LogP contribution in [0.2, 0.25) is 0 Å². The fraction of sp³-hybridized carbons (Fsp3) is 0.560. The van der Waals surface area contributed by atoms with E-state index in [1.165, 1.54) is 24.8 Å². The summed E-state index contributed by atoms with van der Waals surface area (Å²) in [5, 5.41) is 9.71. The quantitative estimate of drug-likeness (QED) is 0.580. The summed E-state index contributed by atoms with van der Waals surface area (Å²) in [5.41, 5.74) is 7.13. The van der Waals surface area contributed by atoms with Crippen molar-refractivity contribution in [3.05, 3.63) is 53.4 Å². The molecular formula is C25H36N4O3. The van der Waals surface area contributed by atoms with Crippen LogP contribution in [0.1, 0.15) is 86.0 Å². The third kappa shape index (κ3) is 8.46. The second kappa shape index (κ2) is 12.4. The molecule has 1 atom stereocenters. The van der Waals surface area contributed by atoms with Gasteiger partial charge < -0.3 is 20.9 Å². The van der Waals surface area contributed by atoms with Gasteiger partial charge in [-0.15, -0.1) is 0 Å². The molecule has 1 unspecified atom stereocenters. The van der Waals surface area contributed by atoms with E-state index >= 15 is 0 Å². The first-order valence-electron chi connectivity index (χ1n) is 11.8. The van der Waals surface area contributed by atoms with E-state index in [9.17, 15) is 9.59 Å². The average Bonchev–Trinajstić information content (AvgIpc) is 3.51. The Kier molecular flexibility index (Phi) is 9.28. The lowest BCUT2D eigenvalue weighted by Crippen LogP contribution is -2.38. The topological polar surface area (TPSA) is 110 Å². The molecule has 4 N–H and O–H groups in total. The molecule has 2 fully saturated rings. The summed E-state index contributed by atoms with van der Waals surface area (Å²) in [5.74, 6) is 1.28. The molecule has 2 aliphatic rings. The molecule has 7 nitrogen and oxygen atoms in total. The normalized spacial score (nSPS) is 17.1. The molecule has 0 saturated heterocycles. The van der Waals surface area contributed by atoms with Gasteiger partial charge in [-0.3, -0.25) is 9.59 Å². The molecule has 1 heterocycles. The molecular weight excluding hydrogens is 404 g/mol. The predicted molar refractivity (Wildman–Crippen MR) is 124 cm³/mol. The van der Waals surface area contributed by atoms with E-state index in [1.807, 2.05) is 37.3 Å². The van der Waals surface area contributed by atoms with E-state index in [0.29, 0.717) is 30.6 Å². The van der Waals surface area contributed by atoms with Crippen LogP contribution in [-0.2, 0) is 11.2 Å². The molecule has 1 aromatic carbocycles. The molecule has 2 aliphatic carbocycles. The molecule has 0 aliphatic heterocycles. The van der Waals surface area contributed by atoms with Crippen molar-refractivity contribution in [1.29, 1.82) is 0 Å². The molecule has 4 rings (SSSR count). The minimum atomic E-state index is -0.161. The van der Waals surface area contributed by atoms with Gasteiger partial charge in [0.05, 0.1) is 0 Å². The van der Waals surface area contributed by atoms with Crippen molar-refractivity contribution in [2.24, 2.45) is 5.73 Å². The van der Waals surface area contributed by atoms with E-state index in [0.717, 1.165) is 37.9 Å². The van der Waals surface area contributed by atoms with Crippen molar-refractivity contribution in [2.45, 2.75) is 82.7 Å². The minimum absolute atomic E-state index is 0.0245. The van der Waals surface area contributed by atoms with Gasteiger partial charge in [0.1, 0.15) is 5.76 Å². The van der Waals surface area contributed by atoms with Crippen molar-refractivity contribution in [2.75, 3.05) is 6.54 Å². The molecule has 0 bridgehead atoms. The molecule has 0 radical (unpaired) electrons. The van der Waals surface area contributed by atoms with Gasteiger partial charge in [0.15, 0.2) is 5.69 Å². The number of carbonyl (C=O) groups excluding carboxylic acids is 2. The first kappa shape index (κ1) is 24.0. The fourth-order valence-electron chi connectivity index (χ4n) is 3.84. The highest BCUT2D eigenvalue weighted by Gasteiger charge is 2.28. The molecule has 7 heteroatoms. The Morgan fingerprint density at radius 1 is 1.12 bits per heavy atom. The Balaban J connectivity index is 0.000000195. The Labute approximate surface area is 190 Å². The first-order valence-corrected chi connectivity index (χ1v) is 11.8. The van der Waals surface area contributed by atoms with Crippen LogP contribution in [0.5, 0.6) is 0 Å². The number of nitrogens with two attached hydrogens (primary N) is 1. The number of hydrogen-bond donors (Lipinski definition) is 3. The first-order chi connectivity index (χ1) is 15.5. The van der Waals surface area contributed by atoms with Crippen LogP contribution in [0.15, 0.2) is 40.9 Å². The van der Waals surface area contributed by atoms with E-state index in [4.69, 9.17) is 10.3 Å². The maximum atomic E-state index is 11.9. The van der Waals surface area contributed by atoms with Gasteiger partial charge >= 0.3 is 0 Å². The zero-order valence-corrected chi connectivity index (χ0v) is 19.0. The Morgan fingerprint density at radius 3 is 2.50 bits per heavy atom. The third-order valence-corrected chi connectivity index (χ3v) is 5.76. The fourth-order valence-corrected chi connectivity index (χ4v) is 3.84. The largest absolute Gasteiger partial charge is 0.360 e. The zero-order chi connectivity index (χ0) is 22.8.